The van der Waals surface area contributed by atoms with E-state index in [1.807, 2.05) is 52.7 Å². The molecule has 1 amide bonds. The summed E-state index contributed by atoms with van der Waals surface area (Å²) < 4.78 is 7.37. The number of hydrogen-bond acceptors (Lipinski definition) is 4. The largest absolute Gasteiger partial charge is 0.496 e. The number of methoxy groups -OCH3 is 1. The van der Waals surface area contributed by atoms with E-state index in [4.69, 9.17) is 4.74 Å². The Morgan fingerprint density at radius 2 is 2.15 bits per heavy atom. The molecule has 2 heterocycles. The predicted octanol–water partition coefficient (Wildman–Crippen LogP) is 3.39. The molecule has 1 N–H and O–H groups in total. The highest BCUT2D eigenvalue weighted by Crippen LogP contribution is 2.51. The number of nitrogens with zero attached hydrogens (tertiary/aromatic N) is 2. The van der Waals surface area contributed by atoms with E-state index < -0.39 is 5.41 Å². The first-order chi connectivity index (χ1) is 12.7. The SMILES string of the molecule is COc1ccccc1C1(C(=O)NCC(c2cccs2)n2cccn2)CC1. The number of benzene rings is 1. The quantitative estimate of drug-likeness (QED) is 0.696. The van der Waals surface area contributed by atoms with Crippen LogP contribution in [0.4, 0.5) is 0 Å². The highest BCUT2D eigenvalue weighted by atomic mass is 32.1. The number of ether oxygens (including phenoxy) is 1. The molecule has 0 bridgehead atoms. The Morgan fingerprint density at radius 1 is 1.31 bits per heavy atom. The summed E-state index contributed by atoms with van der Waals surface area (Å²) in [7, 11) is 1.65. The summed E-state index contributed by atoms with van der Waals surface area (Å²) in [5, 5.41) is 9.58. The van der Waals surface area contributed by atoms with E-state index >= 15 is 0 Å². The molecule has 3 aromatic rings. The lowest BCUT2D eigenvalue weighted by Gasteiger charge is -2.21. The first-order valence-electron chi connectivity index (χ1n) is 8.69. The average molecular weight is 367 g/mol. The van der Waals surface area contributed by atoms with Crippen molar-refractivity contribution < 1.29 is 9.53 Å². The van der Waals surface area contributed by atoms with Gasteiger partial charge in [0.05, 0.1) is 12.5 Å². The molecule has 1 atom stereocenters. The van der Waals surface area contributed by atoms with Gasteiger partial charge in [0.2, 0.25) is 5.91 Å². The number of nitrogens with one attached hydrogen (secondary N) is 1. The van der Waals surface area contributed by atoms with Gasteiger partial charge >= 0.3 is 0 Å². The molecule has 26 heavy (non-hydrogen) atoms. The summed E-state index contributed by atoms with van der Waals surface area (Å²) in [5.41, 5.74) is 0.517. The molecule has 0 radical (unpaired) electrons. The van der Waals surface area contributed by atoms with Crippen LogP contribution in [0.2, 0.25) is 0 Å². The molecular weight excluding hydrogens is 346 g/mol. The predicted molar refractivity (Wildman–Crippen MR) is 102 cm³/mol. The number of carbonyl (C=O) groups is 1. The van der Waals surface area contributed by atoms with Gasteiger partial charge in [-0.3, -0.25) is 9.48 Å². The van der Waals surface area contributed by atoms with Crippen molar-refractivity contribution in [1.29, 1.82) is 0 Å². The summed E-state index contributed by atoms with van der Waals surface area (Å²) in [6.07, 6.45) is 5.40. The van der Waals surface area contributed by atoms with Crippen molar-refractivity contribution >= 4 is 17.2 Å². The van der Waals surface area contributed by atoms with Crippen molar-refractivity contribution in [3.63, 3.8) is 0 Å². The lowest BCUT2D eigenvalue weighted by Crippen LogP contribution is -2.38. The molecule has 1 fully saturated rings. The van der Waals surface area contributed by atoms with E-state index in [1.54, 1.807) is 24.6 Å². The number of thiophene rings is 1. The number of amides is 1. The van der Waals surface area contributed by atoms with Gasteiger partial charge in [0.1, 0.15) is 11.8 Å². The second kappa shape index (κ2) is 6.96. The molecule has 1 aromatic carbocycles. The lowest BCUT2D eigenvalue weighted by molar-refractivity contribution is -0.123. The molecule has 0 saturated heterocycles. The number of para-hydroxylation sites is 1. The van der Waals surface area contributed by atoms with Gasteiger partial charge < -0.3 is 10.1 Å². The Bertz CT molecular complexity index is 836. The fourth-order valence-corrected chi connectivity index (χ4v) is 4.23. The van der Waals surface area contributed by atoms with Crippen LogP contribution in [0.5, 0.6) is 5.75 Å². The zero-order valence-corrected chi connectivity index (χ0v) is 15.4. The maximum atomic E-state index is 13.0. The van der Waals surface area contributed by atoms with Crippen LogP contribution in [-0.4, -0.2) is 29.3 Å². The monoisotopic (exact) mass is 367 g/mol. The fourth-order valence-electron chi connectivity index (χ4n) is 3.41. The van der Waals surface area contributed by atoms with E-state index in [0.29, 0.717) is 6.54 Å². The second-order valence-electron chi connectivity index (χ2n) is 6.51. The summed E-state index contributed by atoms with van der Waals surface area (Å²) in [6, 6.07) is 13.8. The molecule has 1 unspecified atom stereocenters. The lowest BCUT2D eigenvalue weighted by atomic mass is 9.94. The van der Waals surface area contributed by atoms with Crippen molar-refractivity contribution in [3.8, 4) is 5.75 Å². The minimum atomic E-state index is -0.462. The van der Waals surface area contributed by atoms with Gasteiger partial charge in [-0.05, 0) is 36.4 Å². The standard InChI is InChI=1S/C20H21N3O2S/c1-25-17-7-3-2-6-15(17)20(9-10-20)19(24)21-14-16(18-8-4-13-26-18)23-12-5-11-22-23/h2-8,11-13,16H,9-10,14H2,1H3,(H,21,24). The molecule has 1 aliphatic rings. The first kappa shape index (κ1) is 16.8. The molecule has 134 valence electrons. The summed E-state index contributed by atoms with van der Waals surface area (Å²) in [5.74, 6) is 0.845. The highest BCUT2D eigenvalue weighted by Gasteiger charge is 2.52. The Morgan fingerprint density at radius 3 is 2.81 bits per heavy atom. The molecule has 2 aromatic heterocycles. The van der Waals surface area contributed by atoms with Gasteiger partial charge in [-0.1, -0.05) is 24.3 Å². The maximum absolute atomic E-state index is 13.0. The number of rotatable bonds is 7. The van der Waals surface area contributed by atoms with Gasteiger partial charge in [0, 0.05) is 29.4 Å². The minimum Gasteiger partial charge on any atom is -0.496 e. The van der Waals surface area contributed by atoms with Gasteiger partial charge in [-0.2, -0.15) is 5.10 Å². The van der Waals surface area contributed by atoms with E-state index in [0.717, 1.165) is 24.2 Å². The van der Waals surface area contributed by atoms with E-state index in [-0.39, 0.29) is 11.9 Å². The molecule has 6 heteroatoms. The first-order valence-corrected chi connectivity index (χ1v) is 9.57. The minimum absolute atomic E-state index is 0.00224. The maximum Gasteiger partial charge on any atom is 0.230 e. The smallest absolute Gasteiger partial charge is 0.230 e. The molecule has 0 spiro atoms. The molecule has 0 aliphatic heterocycles. The zero-order valence-electron chi connectivity index (χ0n) is 14.6. The van der Waals surface area contributed by atoms with Crippen LogP contribution >= 0.6 is 11.3 Å². The van der Waals surface area contributed by atoms with E-state index in [9.17, 15) is 4.79 Å². The average Bonchev–Trinajstić information content (AvgIpc) is 3.07. The Labute approximate surface area is 156 Å². The topological polar surface area (TPSA) is 56.1 Å². The van der Waals surface area contributed by atoms with Crippen LogP contribution < -0.4 is 10.1 Å². The van der Waals surface area contributed by atoms with E-state index in [1.165, 1.54) is 4.88 Å². The molecule has 5 nitrogen and oxygen atoms in total. The highest BCUT2D eigenvalue weighted by molar-refractivity contribution is 7.10. The van der Waals surface area contributed by atoms with Crippen LogP contribution in [0, 0.1) is 0 Å². The van der Waals surface area contributed by atoms with E-state index in [2.05, 4.69) is 16.5 Å². The van der Waals surface area contributed by atoms with Crippen LogP contribution in [0.1, 0.15) is 29.3 Å². The van der Waals surface area contributed by atoms with Crippen molar-refractivity contribution in [3.05, 3.63) is 70.7 Å². The van der Waals surface area contributed by atoms with Gasteiger partial charge in [-0.25, -0.2) is 0 Å². The number of carbonyl (C=O) groups excluding carboxylic acids is 1. The molecule has 1 aliphatic carbocycles. The van der Waals surface area contributed by atoms with Crippen molar-refractivity contribution in [2.45, 2.75) is 24.3 Å². The fraction of sp³-hybridized carbons (Fsp3) is 0.300. The van der Waals surface area contributed by atoms with Crippen molar-refractivity contribution in [2.24, 2.45) is 0 Å². The summed E-state index contributed by atoms with van der Waals surface area (Å²) in [6.45, 7) is 0.512. The Hall–Kier alpha value is -2.60. The zero-order chi connectivity index (χ0) is 18.0. The van der Waals surface area contributed by atoms with Crippen LogP contribution in [-0.2, 0) is 10.2 Å². The van der Waals surface area contributed by atoms with Gasteiger partial charge in [0.15, 0.2) is 0 Å². The molecular formula is C20H21N3O2S. The third-order valence-corrected chi connectivity index (χ3v) is 5.95. The van der Waals surface area contributed by atoms with Crippen LogP contribution in [0.3, 0.4) is 0 Å². The molecule has 4 rings (SSSR count). The van der Waals surface area contributed by atoms with Crippen LogP contribution in [0.15, 0.2) is 60.2 Å². The number of aromatic nitrogens is 2. The van der Waals surface area contributed by atoms with Crippen molar-refractivity contribution in [2.75, 3.05) is 13.7 Å². The van der Waals surface area contributed by atoms with Gasteiger partial charge in [0.25, 0.3) is 0 Å². The van der Waals surface area contributed by atoms with Gasteiger partial charge in [-0.15, -0.1) is 11.3 Å². The third kappa shape index (κ3) is 3.01. The van der Waals surface area contributed by atoms with Crippen molar-refractivity contribution in [1.82, 2.24) is 15.1 Å². The summed E-state index contributed by atoms with van der Waals surface area (Å²) >= 11 is 1.67. The third-order valence-electron chi connectivity index (χ3n) is 4.98. The molecule has 1 saturated carbocycles. The summed E-state index contributed by atoms with van der Waals surface area (Å²) in [4.78, 5) is 14.2. The Kier molecular flexibility index (Phi) is 4.51. The normalized spacial score (nSPS) is 16.0. The Balaban J connectivity index is 1.53. The second-order valence-corrected chi connectivity index (χ2v) is 7.49. The number of hydrogen-bond donors (Lipinski definition) is 1. The van der Waals surface area contributed by atoms with Crippen LogP contribution in [0.25, 0.3) is 0 Å².